The van der Waals surface area contributed by atoms with E-state index in [2.05, 4.69) is 5.92 Å². The lowest BCUT2D eigenvalue weighted by Gasteiger charge is -2.36. The van der Waals surface area contributed by atoms with Gasteiger partial charge in [-0.3, -0.25) is 4.79 Å². The lowest BCUT2D eigenvalue weighted by molar-refractivity contribution is -0.172. The molecule has 196 valence electrons. The number of cyclic esters (lactones) is 1. The fourth-order valence-corrected chi connectivity index (χ4v) is 6.33. The number of nitrogens with zero attached hydrogens (tertiary/aromatic N) is 2. The second-order valence-electron chi connectivity index (χ2n) is 10.3. The van der Waals surface area contributed by atoms with Gasteiger partial charge in [0.05, 0.1) is 54.2 Å². The average Bonchev–Trinajstić information content (AvgIpc) is 3.28. The average molecular weight is 519 g/mol. The number of benzene rings is 1. The van der Waals surface area contributed by atoms with E-state index in [9.17, 15) is 19.8 Å². The van der Waals surface area contributed by atoms with Crippen LogP contribution in [-0.4, -0.2) is 45.6 Å². The number of carbonyl (C=O) groups is 1. The van der Waals surface area contributed by atoms with Crippen molar-refractivity contribution in [2.24, 2.45) is 0 Å². The number of fused-ring (bicyclic) bond motifs is 5. The molecule has 3 aromatic rings. The lowest BCUT2D eigenvalue weighted by Crippen LogP contribution is -2.44. The Bertz CT molecular complexity index is 1650. The Morgan fingerprint density at radius 2 is 2.08 bits per heavy atom. The van der Waals surface area contributed by atoms with Gasteiger partial charge >= 0.3 is 5.97 Å². The van der Waals surface area contributed by atoms with E-state index in [-0.39, 0.29) is 61.9 Å². The van der Waals surface area contributed by atoms with Crippen molar-refractivity contribution >= 4 is 16.9 Å². The Labute approximate surface area is 218 Å². The van der Waals surface area contributed by atoms with Gasteiger partial charge in [0.2, 0.25) is 0 Å². The maximum atomic E-state index is 15.0. The third kappa shape index (κ3) is 3.11. The van der Waals surface area contributed by atoms with Crippen LogP contribution in [0.2, 0.25) is 0 Å². The number of aromatic nitrogens is 2. The minimum Gasteiger partial charge on any atom is -0.458 e. The van der Waals surface area contributed by atoms with Crippen molar-refractivity contribution in [3.05, 3.63) is 61.7 Å². The molecule has 2 aliphatic heterocycles. The number of halogens is 1. The quantitative estimate of drug-likeness (QED) is 0.237. The molecule has 1 aromatic carbocycles. The monoisotopic (exact) mass is 518 g/mol. The second kappa shape index (κ2) is 8.46. The molecule has 2 atom stereocenters. The number of rotatable bonds is 5. The maximum absolute atomic E-state index is 15.0. The van der Waals surface area contributed by atoms with E-state index < -0.39 is 17.0 Å². The van der Waals surface area contributed by atoms with Crippen LogP contribution in [0.25, 0.3) is 22.3 Å². The number of hydrogen-bond acceptors (Lipinski definition) is 7. The van der Waals surface area contributed by atoms with Crippen LogP contribution >= 0.6 is 0 Å². The number of aliphatic hydroxyl groups is 2. The van der Waals surface area contributed by atoms with Gasteiger partial charge in [0, 0.05) is 22.6 Å². The summed E-state index contributed by atoms with van der Waals surface area (Å²) in [6.07, 6.45) is 7.23. The van der Waals surface area contributed by atoms with E-state index in [1.165, 1.54) is 6.07 Å². The zero-order valence-electron chi connectivity index (χ0n) is 21.2. The first-order chi connectivity index (χ1) is 18.2. The minimum absolute atomic E-state index is 0.0290. The Balaban J connectivity index is 1.68. The van der Waals surface area contributed by atoms with E-state index >= 15 is 4.39 Å². The summed E-state index contributed by atoms with van der Waals surface area (Å²) in [6, 6.07) is 3.02. The standard InChI is InChI=1S/C29H27FN2O6/c1-4-28(14-37-9-8-33)7-6-16-15(3)20(30)11-21-23(16)24(28)17-12-32-22(25(17)31-21)10-19-18(26(32)34)13-38-27(35)29(19,36)5-2/h1,10-11,33,36H,5-9,12-14H2,2-3H3/t28-,29+/m1/s1. The third-order valence-corrected chi connectivity index (χ3v) is 8.44. The Kier molecular flexibility index (Phi) is 5.51. The van der Waals surface area contributed by atoms with Crippen molar-refractivity contribution in [1.82, 2.24) is 9.55 Å². The zero-order valence-corrected chi connectivity index (χ0v) is 21.2. The largest absolute Gasteiger partial charge is 0.458 e. The maximum Gasteiger partial charge on any atom is 0.343 e. The van der Waals surface area contributed by atoms with Crippen LogP contribution in [0.5, 0.6) is 0 Å². The van der Waals surface area contributed by atoms with Gasteiger partial charge in [-0.2, -0.15) is 0 Å². The molecule has 0 amide bonds. The first-order valence-electron chi connectivity index (χ1n) is 12.7. The summed E-state index contributed by atoms with van der Waals surface area (Å²) in [4.78, 5) is 31.0. The summed E-state index contributed by atoms with van der Waals surface area (Å²) in [7, 11) is 0. The highest BCUT2D eigenvalue weighted by atomic mass is 19.1. The number of aliphatic hydroxyl groups excluding tert-OH is 1. The van der Waals surface area contributed by atoms with Gasteiger partial charge in [0.15, 0.2) is 5.60 Å². The molecule has 2 N–H and O–H groups in total. The number of pyridine rings is 2. The fourth-order valence-electron chi connectivity index (χ4n) is 6.33. The summed E-state index contributed by atoms with van der Waals surface area (Å²) >= 11 is 0. The van der Waals surface area contributed by atoms with E-state index in [4.69, 9.17) is 20.9 Å². The van der Waals surface area contributed by atoms with Crippen LogP contribution < -0.4 is 5.56 Å². The molecule has 0 saturated carbocycles. The predicted octanol–water partition coefficient (Wildman–Crippen LogP) is 2.35. The number of carbonyl (C=O) groups excluding carboxylic acids is 1. The van der Waals surface area contributed by atoms with Crippen molar-refractivity contribution in [3.63, 3.8) is 0 Å². The molecule has 2 aromatic heterocycles. The molecule has 9 heteroatoms. The van der Waals surface area contributed by atoms with Crippen LogP contribution in [0.3, 0.4) is 0 Å². The minimum atomic E-state index is -1.95. The topological polar surface area (TPSA) is 111 Å². The van der Waals surface area contributed by atoms with Crippen molar-refractivity contribution in [3.8, 4) is 23.7 Å². The van der Waals surface area contributed by atoms with Crippen molar-refractivity contribution in [2.75, 3.05) is 19.8 Å². The molecule has 0 unspecified atom stereocenters. The molecule has 0 fully saturated rings. The first kappa shape index (κ1) is 24.7. The molecule has 8 nitrogen and oxygen atoms in total. The lowest BCUT2D eigenvalue weighted by atomic mass is 9.68. The van der Waals surface area contributed by atoms with Crippen LogP contribution in [0, 0.1) is 25.1 Å². The van der Waals surface area contributed by atoms with Crippen LogP contribution in [0.15, 0.2) is 16.9 Å². The van der Waals surface area contributed by atoms with E-state index in [1.807, 2.05) is 0 Å². The summed E-state index contributed by atoms with van der Waals surface area (Å²) < 4.78 is 27.5. The van der Waals surface area contributed by atoms with E-state index in [0.717, 1.165) is 22.1 Å². The van der Waals surface area contributed by atoms with Gasteiger partial charge in [-0.1, -0.05) is 12.8 Å². The van der Waals surface area contributed by atoms with Gasteiger partial charge in [-0.15, -0.1) is 6.42 Å². The Morgan fingerprint density at radius 1 is 1.29 bits per heavy atom. The number of ether oxygens (including phenoxy) is 2. The first-order valence-corrected chi connectivity index (χ1v) is 12.7. The van der Waals surface area contributed by atoms with E-state index in [0.29, 0.717) is 35.3 Å². The highest BCUT2D eigenvalue weighted by molar-refractivity contribution is 5.94. The molecular weight excluding hydrogens is 491 g/mol. The number of esters is 1. The van der Waals surface area contributed by atoms with Gasteiger partial charge in [-0.05, 0) is 48.9 Å². The molecule has 0 spiro atoms. The smallest absolute Gasteiger partial charge is 0.343 e. The summed E-state index contributed by atoms with van der Waals surface area (Å²) in [5.74, 6) is 1.77. The van der Waals surface area contributed by atoms with Crippen LogP contribution in [-0.2, 0) is 44.9 Å². The molecule has 3 aliphatic rings. The number of aryl methyl sites for hydroxylation is 1. The number of terminal acetylenes is 1. The SMILES string of the molecule is C#C[C@]1(COCCO)CCc2c(C)c(F)cc3nc4c(c1c23)Cn1c-4cc2c(c1=O)COC(=O)[C@]2(O)CC. The molecule has 0 bridgehead atoms. The molecule has 6 rings (SSSR count). The van der Waals surface area contributed by atoms with Crippen LogP contribution in [0.4, 0.5) is 4.39 Å². The summed E-state index contributed by atoms with van der Waals surface area (Å²) in [6.45, 7) is 3.43. The highest BCUT2D eigenvalue weighted by Crippen LogP contribution is 2.48. The Hall–Kier alpha value is -3.58. The summed E-state index contributed by atoms with van der Waals surface area (Å²) in [5, 5.41) is 21.2. The molecule has 0 radical (unpaired) electrons. The molecule has 4 heterocycles. The number of hydrogen-bond donors (Lipinski definition) is 2. The van der Waals surface area contributed by atoms with Crippen LogP contribution in [0.1, 0.15) is 53.1 Å². The summed E-state index contributed by atoms with van der Waals surface area (Å²) in [5.41, 5.74) is 1.41. The van der Waals surface area contributed by atoms with Gasteiger partial charge < -0.3 is 24.3 Å². The van der Waals surface area contributed by atoms with Gasteiger partial charge in [0.25, 0.3) is 5.56 Å². The normalized spacial score (nSPS) is 23.0. The molecule has 1 aliphatic carbocycles. The van der Waals surface area contributed by atoms with Gasteiger partial charge in [0.1, 0.15) is 12.4 Å². The molecular formula is C29H27FN2O6. The second-order valence-corrected chi connectivity index (χ2v) is 10.3. The van der Waals surface area contributed by atoms with Crippen molar-refractivity contribution in [1.29, 1.82) is 0 Å². The van der Waals surface area contributed by atoms with E-state index in [1.54, 1.807) is 24.5 Å². The Morgan fingerprint density at radius 3 is 2.79 bits per heavy atom. The van der Waals surface area contributed by atoms with Gasteiger partial charge in [-0.25, -0.2) is 14.2 Å². The zero-order chi connectivity index (χ0) is 27.0. The molecule has 0 saturated heterocycles. The predicted molar refractivity (Wildman–Crippen MR) is 136 cm³/mol. The fraction of sp³-hybridized carbons (Fsp3) is 0.414. The third-order valence-electron chi connectivity index (χ3n) is 8.44. The van der Waals surface area contributed by atoms with Crippen molar-refractivity contribution in [2.45, 2.75) is 57.3 Å². The molecule has 38 heavy (non-hydrogen) atoms. The van der Waals surface area contributed by atoms with Crippen molar-refractivity contribution < 1.29 is 28.9 Å². The highest BCUT2D eigenvalue weighted by Gasteiger charge is 2.47.